The molecule has 1 atom stereocenters. The lowest BCUT2D eigenvalue weighted by molar-refractivity contribution is 0.378. The Kier molecular flexibility index (Phi) is 2.79. The molecule has 0 bridgehead atoms. The van der Waals surface area contributed by atoms with Crippen LogP contribution in [0, 0.1) is 5.92 Å². The molecular weight excluding hydrogens is 198 g/mol. The minimum atomic E-state index is 0.819. The minimum Gasteiger partial charge on any atom is -0.369 e. The number of pyridine rings is 1. The molecule has 1 aromatic rings. The van der Waals surface area contributed by atoms with Gasteiger partial charge in [0.15, 0.2) is 0 Å². The Labute approximate surface area is 96.9 Å². The van der Waals surface area contributed by atoms with Gasteiger partial charge in [0.05, 0.1) is 11.9 Å². The van der Waals surface area contributed by atoms with Crippen LogP contribution in [0.3, 0.4) is 0 Å². The molecule has 0 amide bonds. The summed E-state index contributed by atoms with van der Waals surface area (Å²) < 4.78 is 0. The van der Waals surface area contributed by atoms with Gasteiger partial charge in [0.2, 0.25) is 0 Å². The highest BCUT2D eigenvalue weighted by molar-refractivity contribution is 5.56. The third kappa shape index (κ3) is 1.92. The summed E-state index contributed by atoms with van der Waals surface area (Å²) in [5.41, 5.74) is 2.84. The van der Waals surface area contributed by atoms with Gasteiger partial charge in [0.1, 0.15) is 0 Å². The van der Waals surface area contributed by atoms with E-state index in [1.165, 1.54) is 56.7 Å². The lowest BCUT2D eigenvalue weighted by atomic mass is 9.99. The molecule has 0 saturated carbocycles. The number of anilines is 1. The Balaban J connectivity index is 1.68. The minimum absolute atomic E-state index is 0.819. The van der Waals surface area contributed by atoms with Crippen LogP contribution in [0.2, 0.25) is 0 Å². The standard InChI is InChI=1S/C13H19N3/c1-2-11(8-14-5-1)10-16-7-4-12-3-6-15-9-13(12)16/h3,6,9,11,14H,1-2,4-5,7-8,10H2. The van der Waals surface area contributed by atoms with Crippen molar-refractivity contribution in [2.45, 2.75) is 19.3 Å². The van der Waals surface area contributed by atoms with Crippen LogP contribution < -0.4 is 10.2 Å². The van der Waals surface area contributed by atoms with Crippen LogP contribution in [0.15, 0.2) is 18.5 Å². The maximum Gasteiger partial charge on any atom is 0.0586 e. The Morgan fingerprint density at radius 3 is 3.38 bits per heavy atom. The van der Waals surface area contributed by atoms with Crippen molar-refractivity contribution < 1.29 is 0 Å². The average Bonchev–Trinajstić information content (AvgIpc) is 2.74. The monoisotopic (exact) mass is 217 g/mol. The van der Waals surface area contributed by atoms with Crippen LogP contribution in [-0.2, 0) is 6.42 Å². The molecule has 0 spiro atoms. The van der Waals surface area contributed by atoms with Crippen LogP contribution in [0.1, 0.15) is 18.4 Å². The highest BCUT2D eigenvalue weighted by Gasteiger charge is 2.22. The highest BCUT2D eigenvalue weighted by atomic mass is 15.2. The van der Waals surface area contributed by atoms with E-state index in [1.54, 1.807) is 0 Å². The van der Waals surface area contributed by atoms with E-state index in [1.807, 2.05) is 12.4 Å². The van der Waals surface area contributed by atoms with Crippen molar-refractivity contribution >= 4 is 5.69 Å². The summed E-state index contributed by atoms with van der Waals surface area (Å²) in [7, 11) is 0. The third-order valence-electron chi connectivity index (χ3n) is 3.76. The van der Waals surface area contributed by atoms with Crippen LogP contribution in [0.5, 0.6) is 0 Å². The van der Waals surface area contributed by atoms with E-state index in [9.17, 15) is 0 Å². The van der Waals surface area contributed by atoms with Crippen molar-refractivity contribution in [3.05, 3.63) is 24.0 Å². The van der Waals surface area contributed by atoms with Gasteiger partial charge in [-0.3, -0.25) is 4.98 Å². The van der Waals surface area contributed by atoms with Crippen molar-refractivity contribution in [3.63, 3.8) is 0 Å². The maximum atomic E-state index is 4.24. The van der Waals surface area contributed by atoms with Gasteiger partial charge in [0, 0.05) is 19.3 Å². The van der Waals surface area contributed by atoms with Crippen LogP contribution in [0.25, 0.3) is 0 Å². The molecule has 0 aliphatic carbocycles. The van der Waals surface area contributed by atoms with E-state index in [0.29, 0.717) is 0 Å². The Morgan fingerprint density at radius 2 is 2.50 bits per heavy atom. The van der Waals surface area contributed by atoms with Gasteiger partial charge in [0.25, 0.3) is 0 Å². The Hall–Kier alpha value is -1.09. The lowest BCUT2D eigenvalue weighted by Gasteiger charge is -2.28. The summed E-state index contributed by atoms with van der Waals surface area (Å²) in [5, 5.41) is 3.49. The van der Waals surface area contributed by atoms with Gasteiger partial charge in [-0.25, -0.2) is 0 Å². The molecule has 2 aliphatic rings. The van der Waals surface area contributed by atoms with Gasteiger partial charge in [-0.05, 0) is 49.9 Å². The molecule has 86 valence electrons. The first-order valence-corrected chi connectivity index (χ1v) is 6.32. The summed E-state index contributed by atoms with van der Waals surface area (Å²) in [6.07, 6.45) is 7.83. The predicted molar refractivity (Wildman–Crippen MR) is 65.7 cm³/mol. The first kappa shape index (κ1) is 10.1. The predicted octanol–water partition coefficient (Wildman–Crippen LogP) is 1.44. The molecule has 1 fully saturated rings. The number of aromatic nitrogens is 1. The van der Waals surface area contributed by atoms with Crippen molar-refractivity contribution in [2.24, 2.45) is 5.92 Å². The van der Waals surface area contributed by atoms with Crippen molar-refractivity contribution in [1.29, 1.82) is 0 Å². The van der Waals surface area contributed by atoms with Gasteiger partial charge in [-0.15, -0.1) is 0 Å². The first-order chi connectivity index (χ1) is 7.93. The second-order valence-corrected chi connectivity index (χ2v) is 4.91. The zero-order valence-corrected chi connectivity index (χ0v) is 9.65. The quantitative estimate of drug-likeness (QED) is 0.812. The molecule has 1 saturated heterocycles. The van der Waals surface area contributed by atoms with E-state index in [0.717, 1.165) is 5.92 Å². The lowest BCUT2D eigenvalue weighted by Crippen LogP contribution is -2.37. The fourth-order valence-corrected chi connectivity index (χ4v) is 2.87. The average molecular weight is 217 g/mol. The number of fused-ring (bicyclic) bond motifs is 1. The van der Waals surface area contributed by atoms with E-state index >= 15 is 0 Å². The highest BCUT2D eigenvalue weighted by Crippen LogP contribution is 2.27. The SMILES string of the molecule is c1cc2c(cn1)N(CC1CCCNC1)CC2. The summed E-state index contributed by atoms with van der Waals surface area (Å²) in [5.74, 6) is 0.819. The van der Waals surface area contributed by atoms with Gasteiger partial charge >= 0.3 is 0 Å². The normalized spacial score (nSPS) is 24.5. The summed E-state index contributed by atoms with van der Waals surface area (Å²) in [6, 6.07) is 2.16. The van der Waals surface area contributed by atoms with E-state index in [4.69, 9.17) is 0 Å². The molecule has 3 heterocycles. The van der Waals surface area contributed by atoms with Crippen LogP contribution in [0.4, 0.5) is 5.69 Å². The van der Waals surface area contributed by atoms with Crippen molar-refractivity contribution in [2.75, 3.05) is 31.1 Å². The molecule has 0 aromatic carbocycles. The summed E-state index contributed by atoms with van der Waals surface area (Å²) in [6.45, 7) is 4.77. The third-order valence-corrected chi connectivity index (χ3v) is 3.76. The van der Waals surface area contributed by atoms with Crippen molar-refractivity contribution in [3.8, 4) is 0 Å². The number of nitrogens with one attached hydrogen (secondary N) is 1. The zero-order valence-electron chi connectivity index (χ0n) is 9.65. The van der Waals surface area contributed by atoms with Gasteiger partial charge in [-0.1, -0.05) is 0 Å². The smallest absolute Gasteiger partial charge is 0.0586 e. The van der Waals surface area contributed by atoms with Crippen LogP contribution in [-0.4, -0.2) is 31.2 Å². The number of nitrogens with zero attached hydrogens (tertiary/aromatic N) is 2. The van der Waals surface area contributed by atoms with Gasteiger partial charge < -0.3 is 10.2 Å². The van der Waals surface area contributed by atoms with Crippen LogP contribution >= 0.6 is 0 Å². The van der Waals surface area contributed by atoms with E-state index < -0.39 is 0 Å². The Morgan fingerprint density at radius 1 is 1.50 bits per heavy atom. The maximum absolute atomic E-state index is 4.24. The fourth-order valence-electron chi connectivity index (χ4n) is 2.87. The first-order valence-electron chi connectivity index (χ1n) is 6.32. The molecule has 16 heavy (non-hydrogen) atoms. The number of hydrogen-bond acceptors (Lipinski definition) is 3. The number of rotatable bonds is 2. The molecule has 3 nitrogen and oxygen atoms in total. The summed E-state index contributed by atoms with van der Waals surface area (Å²) in [4.78, 5) is 6.76. The van der Waals surface area contributed by atoms with Gasteiger partial charge in [-0.2, -0.15) is 0 Å². The van der Waals surface area contributed by atoms with Crippen molar-refractivity contribution in [1.82, 2.24) is 10.3 Å². The molecule has 1 aromatic heterocycles. The molecule has 2 aliphatic heterocycles. The summed E-state index contributed by atoms with van der Waals surface area (Å²) >= 11 is 0. The second-order valence-electron chi connectivity index (χ2n) is 4.91. The molecule has 0 radical (unpaired) electrons. The number of hydrogen-bond donors (Lipinski definition) is 1. The van der Waals surface area contributed by atoms with E-state index in [-0.39, 0.29) is 0 Å². The fraction of sp³-hybridized carbons (Fsp3) is 0.615. The zero-order chi connectivity index (χ0) is 10.8. The van der Waals surface area contributed by atoms with E-state index in [2.05, 4.69) is 21.3 Å². The molecule has 3 heteroatoms. The molecule has 1 unspecified atom stereocenters. The number of piperidine rings is 1. The second kappa shape index (κ2) is 4.42. The molecular formula is C13H19N3. The molecule has 3 rings (SSSR count). The molecule has 1 N–H and O–H groups in total. The topological polar surface area (TPSA) is 28.2 Å². The largest absolute Gasteiger partial charge is 0.369 e. The Bertz CT molecular complexity index is 358.